The molecule has 0 spiro atoms. The van der Waals surface area contributed by atoms with Crippen LogP contribution in [0.4, 0.5) is 10.5 Å². The molecule has 3 N–H and O–H groups in total. The van der Waals surface area contributed by atoms with Gasteiger partial charge in [-0.15, -0.1) is 0 Å². The average Bonchev–Trinajstić information content (AvgIpc) is 2.27. The maximum absolute atomic E-state index is 11.6. The number of aryl methyl sites for hydroxylation is 2. The zero-order valence-electron chi connectivity index (χ0n) is 11.2. The summed E-state index contributed by atoms with van der Waals surface area (Å²) in [4.78, 5) is 22.3. The molecule has 2 amide bonds. The standard InChI is InChI=1S/C13H18N2O4/c1-8-4-9(2)6-10(5-8)15-13(18)14-7-11(19-3)12(16)17/h4-6,11H,7H2,1-3H3,(H,16,17)(H2,14,15,18). The summed E-state index contributed by atoms with van der Waals surface area (Å²) in [7, 11) is 1.28. The third-order valence-corrected chi connectivity index (χ3v) is 2.49. The maximum atomic E-state index is 11.6. The van der Waals surface area contributed by atoms with Crippen LogP contribution in [0.1, 0.15) is 11.1 Å². The summed E-state index contributed by atoms with van der Waals surface area (Å²) >= 11 is 0. The molecule has 0 bridgehead atoms. The summed E-state index contributed by atoms with van der Waals surface area (Å²) in [6, 6.07) is 5.19. The van der Waals surface area contributed by atoms with Crippen LogP contribution in [0.15, 0.2) is 18.2 Å². The largest absolute Gasteiger partial charge is 0.479 e. The Kier molecular flexibility index (Phi) is 5.32. The van der Waals surface area contributed by atoms with Gasteiger partial charge in [0.05, 0.1) is 6.54 Å². The van der Waals surface area contributed by atoms with Crippen molar-refractivity contribution >= 4 is 17.7 Å². The lowest BCUT2D eigenvalue weighted by Crippen LogP contribution is -2.39. The van der Waals surface area contributed by atoms with E-state index in [9.17, 15) is 9.59 Å². The smallest absolute Gasteiger partial charge is 0.334 e. The molecule has 1 aromatic carbocycles. The predicted octanol–water partition coefficient (Wildman–Crippen LogP) is 1.52. The molecule has 104 valence electrons. The van der Waals surface area contributed by atoms with Crippen molar-refractivity contribution in [2.75, 3.05) is 19.0 Å². The monoisotopic (exact) mass is 266 g/mol. The van der Waals surface area contributed by atoms with Gasteiger partial charge in [-0.3, -0.25) is 0 Å². The first-order valence-electron chi connectivity index (χ1n) is 5.81. The van der Waals surface area contributed by atoms with Gasteiger partial charge < -0.3 is 20.5 Å². The Morgan fingerprint density at radius 2 is 1.84 bits per heavy atom. The number of rotatable bonds is 5. The Morgan fingerprint density at radius 3 is 2.32 bits per heavy atom. The van der Waals surface area contributed by atoms with E-state index in [0.717, 1.165) is 11.1 Å². The number of carboxylic acids is 1. The number of anilines is 1. The number of methoxy groups -OCH3 is 1. The number of carbonyl (C=O) groups excluding carboxylic acids is 1. The summed E-state index contributed by atoms with van der Waals surface area (Å²) in [5.41, 5.74) is 2.74. The zero-order chi connectivity index (χ0) is 14.4. The van der Waals surface area contributed by atoms with E-state index < -0.39 is 18.1 Å². The number of amides is 2. The van der Waals surface area contributed by atoms with Crippen LogP contribution in [0.2, 0.25) is 0 Å². The molecule has 0 fully saturated rings. The van der Waals surface area contributed by atoms with E-state index in [1.807, 2.05) is 32.0 Å². The highest BCUT2D eigenvalue weighted by Gasteiger charge is 2.17. The van der Waals surface area contributed by atoms with E-state index in [0.29, 0.717) is 5.69 Å². The number of carbonyl (C=O) groups is 2. The molecule has 0 saturated heterocycles. The van der Waals surface area contributed by atoms with Gasteiger partial charge in [-0.1, -0.05) is 6.07 Å². The molecule has 0 aromatic heterocycles. The van der Waals surface area contributed by atoms with Crippen LogP contribution < -0.4 is 10.6 Å². The molecule has 0 saturated carbocycles. The minimum absolute atomic E-state index is 0.0948. The van der Waals surface area contributed by atoms with Crippen LogP contribution in [0.25, 0.3) is 0 Å². The Balaban J connectivity index is 2.53. The highest BCUT2D eigenvalue weighted by molar-refractivity contribution is 5.89. The van der Waals surface area contributed by atoms with Gasteiger partial charge in [-0.25, -0.2) is 9.59 Å². The van der Waals surface area contributed by atoms with E-state index in [4.69, 9.17) is 9.84 Å². The molecule has 1 rings (SSSR count). The summed E-state index contributed by atoms with van der Waals surface area (Å²) in [5.74, 6) is -1.12. The van der Waals surface area contributed by atoms with Gasteiger partial charge in [0.1, 0.15) is 0 Å². The third-order valence-electron chi connectivity index (χ3n) is 2.49. The van der Waals surface area contributed by atoms with Crippen molar-refractivity contribution in [2.45, 2.75) is 20.0 Å². The van der Waals surface area contributed by atoms with Crippen LogP contribution in [-0.4, -0.2) is 36.9 Å². The van der Waals surface area contributed by atoms with Crippen molar-refractivity contribution in [1.82, 2.24) is 5.32 Å². The summed E-state index contributed by atoms with van der Waals surface area (Å²) < 4.78 is 4.71. The van der Waals surface area contributed by atoms with Crippen LogP contribution in [0.3, 0.4) is 0 Å². The maximum Gasteiger partial charge on any atom is 0.334 e. The van der Waals surface area contributed by atoms with Crippen LogP contribution >= 0.6 is 0 Å². The van der Waals surface area contributed by atoms with Crippen molar-refractivity contribution in [3.05, 3.63) is 29.3 Å². The molecule has 0 heterocycles. The lowest BCUT2D eigenvalue weighted by Gasteiger charge is -2.12. The predicted molar refractivity (Wildman–Crippen MR) is 71.4 cm³/mol. The molecule has 6 heteroatoms. The number of ether oxygens (including phenoxy) is 1. The second kappa shape index (κ2) is 6.75. The molecule has 0 aliphatic rings. The highest BCUT2D eigenvalue weighted by Crippen LogP contribution is 2.13. The van der Waals surface area contributed by atoms with Crippen molar-refractivity contribution in [2.24, 2.45) is 0 Å². The Labute approximate surface area is 111 Å². The lowest BCUT2D eigenvalue weighted by atomic mass is 10.1. The zero-order valence-corrected chi connectivity index (χ0v) is 11.2. The fourth-order valence-corrected chi connectivity index (χ4v) is 1.68. The molecule has 19 heavy (non-hydrogen) atoms. The Hall–Kier alpha value is -2.08. The number of aliphatic carboxylic acids is 1. The second-order valence-electron chi connectivity index (χ2n) is 4.27. The Bertz CT molecular complexity index is 453. The number of urea groups is 1. The first kappa shape index (κ1) is 15.0. The molecule has 1 unspecified atom stereocenters. The fourth-order valence-electron chi connectivity index (χ4n) is 1.68. The normalized spacial score (nSPS) is 11.7. The average molecular weight is 266 g/mol. The SMILES string of the molecule is COC(CNC(=O)Nc1cc(C)cc(C)c1)C(=O)O. The Morgan fingerprint density at radius 1 is 1.26 bits per heavy atom. The van der Waals surface area contributed by atoms with Gasteiger partial charge in [0.2, 0.25) is 0 Å². The lowest BCUT2D eigenvalue weighted by molar-refractivity contribution is -0.147. The summed E-state index contributed by atoms with van der Waals surface area (Å²) in [6.07, 6.45) is -1.05. The third kappa shape index (κ3) is 4.97. The van der Waals surface area contributed by atoms with Crippen molar-refractivity contribution in [3.63, 3.8) is 0 Å². The van der Waals surface area contributed by atoms with E-state index in [2.05, 4.69) is 10.6 Å². The molecule has 0 radical (unpaired) electrons. The molecule has 1 aromatic rings. The minimum Gasteiger partial charge on any atom is -0.479 e. The van der Waals surface area contributed by atoms with E-state index >= 15 is 0 Å². The van der Waals surface area contributed by atoms with E-state index in [-0.39, 0.29) is 6.54 Å². The van der Waals surface area contributed by atoms with Gasteiger partial charge in [-0.2, -0.15) is 0 Å². The van der Waals surface area contributed by atoms with Gasteiger partial charge in [0.25, 0.3) is 0 Å². The molecule has 6 nitrogen and oxygen atoms in total. The second-order valence-corrected chi connectivity index (χ2v) is 4.27. The minimum atomic E-state index is -1.12. The topological polar surface area (TPSA) is 87.7 Å². The van der Waals surface area contributed by atoms with Crippen molar-refractivity contribution < 1.29 is 19.4 Å². The quantitative estimate of drug-likeness (QED) is 0.754. The van der Waals surface area contributed by atoms with E-state index in [1.165, 1.54) is 7.11 Å². The van der Waals surface area contributed by atoms with Gasteiger partial charge >= 0.3 is 12.0 Å². The highest BCUT2D eigenvalue weighted by atomic mass is 16.5. The number of benzene rings is 1. The molecular formula is C13H18N2O4. The fraction of sp³-hybridized carbons (Fsp3) is 0.385. The number of hydrogen-bond acceptors (Lipinski definition) is 3. The van der Waals surface area contributed by atoms with Gasteiger partial charge in [-0.05, 0) is 37.1 Å². The van der Waals surface area contributed by atoms with Crippen LogP contribution in [-0.2, 0) is 9.53 Å². The summed E-state index contributed by atoms with van der Waals surface area (Å²) in [6.45, 7) is 3.77. The van der Waals surface area contributed by atoms with Crippen molar-refractivity contribution in [3.8, 4) is 0 Å². The molecular weight excluding hydrogens is 248 g/mol. The van der Waals surface area contributed by atoms with Crippen LogP contribution in [0, 0.1) is 13.8 Å². The van der Waals surface area contributed by atoms with Gasteiger partial charge in [0.15, 0.2) is 6.10 Å². The van der Waals surface area contributed by atoms with Crippen molar-refractivity contribution in [1.29, 1.82) is 0 Å². The number of nitrogens with one attached hydrogen (secondary N) is 2. The first-order chi connectivity index (χ1) is 8.92. The molecule has 1 atom stereocenters. The number of hydrogen-bond donors (Lipinski definition) is 3. The summed E-state index contributed by atoms with van der Waals surface area (Å²) in [5, 5.41) is 13.8. The van der Waals surface area contributed by atoms with Gasteiger partial charge in [0, 0.05) is 12.8 Å². The molecule has 0 aliphatic carbocycles. The molecule has 0 aliphatic heterocycles. The van der Waals surface area contributed by atoms with Crippen LogP contribution in [0.5, 0.6) is 0 Å². The first-order valence-corrected chi connectivity index (χ1v) is 5.81. The van der Waals surface area contributed by atoms with E-state index in [1.54, 1.807) is 0 Å². The number of carboxylic acid groups (broad SMARTS) is 1.